The highest BCUT2D eigenvalue weighted by Crippen LogP contribution is 2.33. The Hall–Kier alpha value is -1.71. The van der Waals surface area contributed by atoms with Crippen molar-refractivity contribution < 1.29 is 15.0 Å². The van der Waals surface area contributed by atoms with Crippen LogP contribution in [0.3, 0.4) is 0 Å². The molecule has 0 aliphatic carbocycles. The highest BCUT2D eigenvalue weighted by molar-refractivity contribution is 7.19. The fourth-order valence-electron chi connectivity index (χ4n) is 2.19. The van der Waals surface area contributed by atoms with Crippen LogP contribution in [0.4, 0.5) is 5.69 Å². The average molecular weight is 400 g/mol. The van der Waals surface area contributed by atoms with E-state index in [2.05, 4.69) is 21.7 Å². The van der Waals surface area contributed by atoms with E-state index in [1.807, 2.05) is 18.2 Å². The highest BCUT2D eigenvalue weighted by Gasteiger charge is 2.12. The highest BCUT2D eigenvalue weighted by atomic mass is 35.5. The summed E-state index contributed by atoms with van der Waals surface area (Å²) in [6, 6.07) is 7.74. The van der Waals surface area contributed by atoms with Gasteiger partial charge in [-0.15, -0.1) is 22.7 Å². The maximum absolute atomic E-state index is 9.09. The van der Waals surface area contributed by atoms with Crippen LogP contribution < -0.4 is 11.1 Å². The zero-order valence-corrected chi connectivity index (χ0v) is 15.6. The summed E-state index contributed by atoms with van der Waals surface area (Å²) in [6.45, 7) is 0.489. The Morgan fingerprint density at radius 1 is 1.40 bits per heavy atom. The van der Waals surface area contributed by atoms with E-state index in [0.717, 1.165) is 27.3 Å². The third kappa shape index (κ3) is 5.65. The van der Waals surface area contributed by atoms with E-state index < -0.39 is 0 Å². The van der Waals surface area contributed by atoms with Gasteiger partial charge in [-0.05, 0) is 23.9 Å². The SMILES string of the molecule is N[C@@H](CO)Cc1cc2nc(Cl)cc(NCc3cccs3)c2s1.O=CO. The molecule has 3 heterocycles. The molecule has 0 saturated heterocycles. The molecule has 0 spiro atoms. The van der Waals surface area contributed by atoms with Crippen molar-refractivity contribution in [1.29, 1.82) is 0 Å². The molecule has 0 aromatic carbocycles. The minimum absolute atomic E-state index is 0.0219. The fraction of sp³-hybridized carbons (Fsp3) is 0.250. The molecule has 3 aromatic heterocycles. The number of thiophene rings is 2. The number of aliphatic hydroxyl groups excluding tert-OH is 1. The quantitative estimate of drug-likeness (QED) is 0.374. The number of fused-ring (bicyclic) bond motifs is 1. The topological polar surface area (TPSA) is 108 Å². The molecule has 1 atom stereocenters. The third-order valence-corrected chi connectivity index (χ3v) is 5.48. The Morgan fingerprint density at radius 2 is 2.16 bits per heavy atom. The summed E-state index contributed by atoms with van der Waals surface area (Å²) in [5, 5.41) is 21.9. The van der Waals surface area contributed by atoms with Gasteiger partial charge in [0.15, 0.2) is 0 Å². The first-order chi connectivity index (χ1) is 12.1. The molecule has 5 N–H and O–H groups in total. The molecule has 3 rings (SSSR count). The van der Waals surface area contributed by atoms with Gasteiger partial charge in [-0.2, -0.15) is 0 Å². The number of hydrogen-bond donors (Lipinski definition) is 4. The molecule has 0 radical (unpaired) electrons. The summed E-state index contributed by atoms with van der Waals surface area (Å²) < 4.78 is 1.07. The second-order valence-electron chi connectivity index (χ2n) is 5.10. The minimum Gasteiger partial charge on any atom is -0.483 e. The van der Waals surface area contributed by atoms with Gasteiger partial charge in [0.1, 0.15) is 5.15 Å². The predicted octanol–water partition coefficient (Wildman–Crippen LogP) is 3.19. The first-order valence-corrected chi connectivity index (χ1v) is 9.44. The van der Waals surface area contributed by atoms with Crippen LogP contribution in [0.1, 0.15) is 9.75 Å². The summed E-state index contributed by atoms with van der Waals surface area (Å²) in [5.74, 6) is 0. The van der Waals surface area contributed by atoms with Crippen molar-refractivity contribution in [2.75, 3.05) is 11.9 Å². The first kappa shape index (κ1) is 19.6. The van der Waals surface area contributed by atoms with Gasteiger partial charge in [0.25, 0.3) is 6.47 Å². The Morgan fingerprint density at radius 3 is 2.80 bits per heavy atom. The van der Waals surface area contributed by atoms with Crippen molar-refractivity contribution in [2.24, 2.45) is 5.73 Å². The summed E-state index contributed by atoms with van der Waals surface area (Å²) >= 11 is 9.48. The van der Waals surface area contributed by atoms with Crippen molar-refractivity contribution in [3.8, 4) is 0 Å². The molecule has 0 aliphatic rings. The van der Waals surface area contributed by atoms with Crippen molar-refractivity contribution in [3.63, 3.8) is 0 Å². The number of nitrogens with one attached hydrogen (secondary N) is 1. The molecule has 134 valence electrons. The van der Waals surface area contributed by atoms with Crippen LogP contribution in [0.5, 0.6) is 0 Å². The van der Waals surface area contributed by atoms with E-state index in [-0.39, 0.29) is 19.1 Å². The normalized spacial score (nSPS) is 11.6. The number of nitrogens with two attached hydrogens (primary N) is 1. The Labute approximate surface area is 157 Å². The molecule has 0 fully saturated rings. The lowest BCUT2D eigenvalue weighted by atomic mass is 10.2. The van der Waals surface area contributed by atoms with Crippen LogP contribution in [-0.4, -0.2) is 34.3 Å². The monoisotopic (exact) mass is 399 g/mol. The Balaban J connectivity index is 0.000000701. The predicted molar refractivity (Wildman–Crippen MR) is 104 cm³/mol. The van der Waals surface area contributed by atoms with Crippen LogP contribution in [0.15, 0.2) is 29.6 Å². The summed E-state index contributed by atoms with van der Waals surface area (Å²) in [6.07, 6.45) is 0.638. The van der Waals surface area contributed by atoms with E-state index in [1.165, 1.54) is 4.88 Å². The fourth-order valence-corrected chi connectivity index (χ4v) is 4.21. The van der Waals surface area contributed by atoms with Gasteiger partial charge >= 0.3 is 0 Å². The van der Waals surface area contributed by atoms with Crippen LogP contribution >= 0.6 is 34.3 Å². The maximum atomic E-state index is 9.09. The van der Waals surface area contributed by atoms with Crippen LogP contribution in [-0.2, 0) is 17.8 Å². The number of aliphatic hydroxyl groups is 1. The maximum Gasteiger partial charge on any atom is 0.290 e. The van der Waals surface area contributed by atoms with Crippen molar-refractivity contribution in [2.45, 2.75) is 19.0 Å². The lowest BCUT2D eigenvalue weighted by molar-refractivity contribution is -0.122. The van der Waals surface area contributed by atoms with Crippen LogP contribution in [0.2, 0.25) is 5.15 Å². The van der Waals surface area contributed by atoms with Gasteiger partial charge in [0, 0.05) is 28.4 Å². The minimum atomic E-state index is -0.250. The third-order valence-electron chi connectivity index (χ3n) is 3.23. The number of hydrogen-bond acceptors (Lipinski definition) is 7. The first-order valence-electron chi connectivity index (χ1n) is 7.36. The Kier molecular flexibility index (Phi) is 7.60. The van der Waals surface area contributed by atoms with Crippen molar-refractivity contribution in [1.82, 2.24) is 4.98 Å². The zero-order chi connectivity index (χ0) is 18.2. The second kappa shape index (κ2) is 9.69. The number of rotatable bonds is 6. The summed E-state index contributed by atoms with van der Waals surface area (Å²) in [4.78, 5) is 15.1. The van der Waals surface area contributed by atoms with Gasteiger partial charge in [0.2, 0.25) is 0 Å². The van der Waals surface area contributed by atoms with Crippen LogP contribution in [0, 0.1) is 0 Å². The molecule has 0 bridgehead atoms. The van der Waals surface area contributed by atoms with E-state index in [9.17, 15) is 0 Å². The van der Waals surface area contributed by atoms with Crippen molar-refractivity contribution >= 4 is 56.7 Å². The van der Waals surface area contributed by atoms with E-state index >= 15 is 0 Å². The van der Waals surface area contributed by atoms with Crippen LogP contribution in [0.25, 0.3) is 10.2 Å². The molecule has 25 heavy (non-hydrogen) atoms. The lowest BCUT2D eigenvalue weighted by Crippen LogP contribution is -2.26. The molecule has 3 aromatic rings. The van der Waals surface area contributed by atoms with E-state index in [1.54, 1.807) is 22.7 Å². The molecule has 0 amide bonds. The van der Waals surface area contributed by atoms with Gasteiger partial charge in [-0.25, -0.2) is 4.98 Å². The van der Waals surface area contributed by atoms with E-state index in [0.29, 0.717) is 11.6 Å². The second-order valence-corrected chi connectivity index (χ2v) is 7.66. The standard InChI is InChI=1S/C15H16ClN3OS2.CH2O2/c16-14-6-12(18-7-10-2-1-3-21-10)15-13(19-14)5-11(22-15)4-9(17)8-20;2-1-3/h1-3,5-6,9,20H,4,7-8,17H2,(H,18,19);1H,(H,2,3)/t9-;/m1./s1. The van der Waals surface area contributed by atoms with E-state index in [4.69, 9.17) is 32.3 Å². The molecular weight excluding hydrogens is 382 g/mol. The number of halogens is 1. The number of anilines is 1. The van der Waals surface area contributed by atoms with Gasteiger partial charge < -0.3 is 21.3 Å². The van der Waals surface area contributed by atoms with Crippen molar-refractivity contribution in [3.05, 3.63) is 44.6 Å². The molecule has 0 unspecified atom stereocenters. The number of nitrogens with zero attached hydrogens (tertiary/aromatic N) is 1. The lowest BCUT2D eigenvalue weighted by Gasteiger charge is -2.06. The molecule has 0 aliphatic heterocycles. The summed E-state index contributed by atoms with van der Waals surface area (Å²) in [7, 11) is 0. The molecule has 6 nitrogen and oxygen atoms in total. The smallest absolute Gasteiger partial charge is 0.290 e. The van der Waals surface area contributed by atoms with Gasteiger partial charge in [-0.3, -0.25) is 4.79 Å². The van der Waals surface area contributed by atoms with Gasteiger partial charge in [-0.1, -0.05) is 17.7 Å². The molecule has 0 saturated carbocycles. The van der Waals surface area contributed by atoms with Gasteiger partial charge in [0.05, 0.1) is 22.5 Å². The number of carbonyl (C=O) groups is 1. The average Bonchev–Trinajstić information content (AvgIpc) is 3.22. The summed E-state index contributed by atoms with van der Waals surface area (Å²) in [5.41, 5.74) is 7.66. The molecular formula is C16H18ClN3O3S2. The molecule has 9 heteroatoms. The number of carboxylic acid groups (broad SMARTS) is 1. The number of aromatic nitrogens is 1. The number of pyridine rings is 1. The zero-order valence-electron chi connectivity index (χ0n) is 13.2. The largest absolute Gasteiger partial charge is 0.483 e. The Bertz CT molecular complexity index is 808.